The first kappa shape index (κ1) is 22.2. The molecule has 0 saturated heterocycles. The van der Waals surface area contributed by atoms with Gasteiger partial charge in [0.2, 0.25) is 0 Å². The minimum absolute atomic E-state index is 0. The number of aromatic nitrogens is 4. The summed E-state index contributed by atoms with van der Waals surface area (Å²) in [4.78, 5) is 4.66. The Morgan fingerprint density at radius 1 is 0.653 bits per heavy atom. The van der Waals surface area contributed by atoms with E-state index < -0.39 is 200 Å². The average molecular weight is 1200 g/mol. The molecule has 0 atom stereocenters. The molecule has 7 aromatic carbocycles. The second kappa shape index (κ2) is 18.3. The van der Waals surface area contributed by atoms with E-state index in [0.29, 0.717) is 27.8 Å². The minimum atomic E-state index is -4.86. The molecule has 3 aromatic heterocycles. The fraction of sp³-hybridized carbons (Fsp3) is 0.304. The summed E-state index contributed by atoms with van der Waals surface area (Å²) in [6, 6.07) is 22.3. The van der Waals surface area contributed by atoms with Crippen molar-refractivity contribution in [3.8, 4) is 50.9 Å². The molecule has 0 spiro atoms. The first-order chi connectivity index (χ1) is 51.6. The van der Waals surface area contributed by atoms with E-state index >= 15 is 0 Å². The van der Waals surface area contributed by atoms with Crippen molar-refractivity contribution in [1.82, 2.24) is 14.1 Å². The van der Waals surface area contributed by atoms with Crippen molar-refractivity contribution in [2.75, 3.05) is 0 Å². The molecule has 0 amide bonds. The standard InChI is InChI=1S/C69H68N4O.Pt/c1-65(2,3)43-45-32-37-70-63(38-45)73-59-23-13-12-20-53(59)54-29-28-50(42-62(54)73)74-49-19-16-18-48(41-49)71-44-72(61-25-15-14-24-60(61)71)64-51(46-26-30-55-57(39-46)68(8,9)35-33-66(55,4)5)21-17-22-52(64)47-27-31-56-58(40-47)69(10,11)36-34-67(56,6)7;/h12-32,37-40H,33-36,43H2,1-11H3;/q-2;/i4D3,5D3,6D3,7D3,8D3,9D3,10D3,11D3,26D,27D,30D,31D,33D2,34D2,35D2,36D2,39D,40D,43D2;. The van der Waals surface area contributed by atoms with Crippen molar-refractivity contribution in [1.29, 1.82) is 0 Å². The van der Waals surface area contributed by atoms with Crippen molar-refractivity contribution >= 4 is 32.8 Å². The van der Waals surface area contributed by atoms with Crippen molar-refractivity contribution in [2.24, 2.45) is 5.41 Å². The Labute approximate surface area is 515 Å². The number of hydrogen-bond donors (Lipinski definition) is 0. The summed E-state index contributed by atoms with van der Waals surface area (Å²) in [7, 11) is 0. The topological polar surface area (TPSA) is 35.9 Å². The molecule has 0 fully saturated rings. The zero-order chi connectivity index (χ0) is 85.7. The van der Waals surface area contributed by atoms with Crippen LogP contribution in [0.25, 0.3) is 72.3 Å². The van der Waals surface area contributed by atoms with Gasteiger partial charge in [0.1, 0.15) is 5.82 Å². The Balaban J connectivity index is 0.0000130. The first-order valence-corrected chi connectivity index (χ1v) is 23.2. The summed E-state index contributed by atoms with van der Waals surface area (Å²) in [5.74, 6) is 0.307. The summed E-state index contributed by atoms with van der Waals surface area (Å²) in [5.41, 5.74) is -31.6. The van der Waals surface area contributed by atoms with Gasteiger partial charge in [-0.25, -0.2) is 4.98 Å². The van der Waals surface area contributed by atoms with E-state index in [4.69, 9.17) is 40.4 Å². The number of ether oxygens (including phenoxy) is 1. The average Bonchev–Trinajstić information content (AvgIpc) is 0.888. The van der Waals surface area contributed by atoms with Crippen molar-refractivity contribution in [3.05, 3.63) is 198 Å². The van der Waals surface area contributed by atoms with E-state index in [1.165, 1.54) is 53.2 Å². The van der Waals surface area contributed by atoms with E-state index in [1.807, 2.05) is 18.2 Å². The maximum Gasteiger partial charge on any atom is 0.268 e. The van der Waals surface area contributed by atoms with Crippen LogP contribution in [0, 0.1) is 23.9 Å². The molecule has 2 aliphatic carbocycles. The zero-order valence-corrected chi connectivity index (χ0v) is 42.3. The maximum atomic E-state index is 10.4. The van der Waals surface area contributed by atoms with Crippen LogP contribution in [-0.2, 0) is 49.1 Å². The number of benzene rings is 7. The Kier molecular flexibility index (Phi) is 5.43. The van der Waals surface area contributed by atoms with Crippen LogP contribution in [0.1, 0.15) is 184 Å². The monoisotopic (exact) mass is 1200 g/mol. The van der Waals surface area contributed by atoms with Gasteiger partial charge in [-0.2, -0.15) is 18.2 Å². The number of hydrogen-bond acceptors (Lipinski definition) is 2. The number of para-hydroxylation sites is 4. The second-order valence-electron chi connectivity index (χ2n) is 19.2. The number of fused-ring (bicyclic) bond motifs is 6. The van der Waals surface area contributed by atoms with Gasteiger partial charge in [0.25, 0.3) is 6.33 Å². The largest absolute Gasteiger partial charge is 0.510 e. The molecule has 6 heteroatoms. The number of pyridine rings is 1. The third-order valence-corrected chi connectivity index (χ3v) is 12.6. The molecule has 12 rings (SSSR count). The van der Waals surface area contributed by atoms with Crippen LogP contribution in [0.5, 0.6) is 11.5 Å². The summed E-state index contributed by atoms with van der Waals surface area (Å²) in [6.07, 6.45) is -16.7. The van der Waals surface area contributed by atoms with Gasteiger partial charge in [-0.1, -0.05) is 178 Å². The van der Waals surface area contributed by atoms with Crippen molar-refractivity contribution < 1.29 is 85.2 Å². The number of nitrogens with zero attached hydrogens (tertiary/aromatic N) is 4. The molecular weight excluding hydrogens is 1100 g/mol. The van der Waals surface area contributed by atoms with Crippen LogP contribution >= 0.6 is 0 Å². The van der Waals surface area contributed by atoms with Crippen molar-refractivity contribution in [3.63, 3.8) is 0 Å². The molecular formula is C69H68N4OPt-2. The van der Waals surface area contributed by atoms with Gasteiger partial charge in [0.05, 0.1) is 24.9 Å². The SMILES string of the molecule is [2H]c1c([2H])c2c(c([2H])c1-c1cccc(-c3c([2H])c([2H])c4c(c3[2H])C(C([2H])([2H])[2H])(C([2H])([2H])[2H])C([2H])([2H])C([2H])([2H])C4(C([2H])([2H])[2H])C([2H])([2H])[2H])c1-[n+]1[c-]n(-c3[c-]c(Oc4[c-]c5c(cc4)c4ccccc4n5-c4cc(C([2H])([2H])C(C)(C)C)ccn4)ccc3)c3ccccc31)C(C([2H])([2H])[2H])(C([2H])([2H])[2H])C([2H])([2H])C([2H])([2H])C2(C([2H])([2H])[2H])C([2H])([2H])[2H].[Pt]. The van der Waals surface area contributed by atoms with E-state index in [-0.39, 0.29) is 49.3 Å². The molecule has 0 saturated carbocycles. The molecule has 2 aliphatic rings. The van der Waals surface area contributed by atoms with Crippen LogP contribution in [0.2, 0.25) is 0 Å². The van der Waals surface area contributed by atoms with Crippen LogP contribution in [-0.4, -0.2) is 14.1 Å². The van der Waals surface area contributed by atoms with E-state index in [2.05, 4.69) is 23.4 Å². The van der Waals surface area contributed by atoms with Crippen LogP contribution in [0.4, 0.5) is 0 Å². The Morgan fingerprint density at radius 3 is 1.88 bits per heavy atom. The summed E-state index contributed by atoms with van der Waals surface area (Å²) < 4.78 is 381. The molecule has 5 nitrogen and oxygen atoms in total. The minimum Gasteiger partial charge on any atom is -0.510 e. The fourth-order valence-corrected chi connectivity index (χ4v) is 9.39. The Bertz CT molecular complexity index is 5380. The number of imidazole rings is 1. The van der Waals surface area contributed by atoms with E-state index in [1.54, 1.807) is 55.7 Å². The molecule has 0 unspecified atom stereocenters. The molecule has 0 bridgehead atoms. The van der Waals surface area contributed by atoms with E-state index in [0.717, 1.165) is 28.2 Å². The predicted octanol–water partition coefficient (Wildman–Crippen LogP) is 17.2. The number of rotatable bonds is 8. The normalized spacial score (nSPS) is 28.4. The third-order valence-electron chi connectivity index (χ3n) is 12.6. The first-order valence-electron chi connectivity index (χ1n) is 43.2. The maximum absolute atomic E-state index is 10.4. The van der Waals surface area contributed by atoms with Gasteiger partial charge < -0.3 is 13.9 Å². The Hall–Kier alpha value is -6.55. The third kappa shape index (κ3) is 8.97. The molecule has 0 N–H and O–H groups in total. The molecule has 10 aromatic rings. The molecule has 382 valence electrons. The zero-order valence-electron chi connectivity index (χ0n) is 80.0. The summed E-state index contributed by atoms with van der Waals surface area (Å²) in [6.45, 7) is -31.2. The van der Waals surface area contributed by atoms with E-state index in [9.17, 15) is 19.2 Å². The van der Waals surface area contributed by atoms with Crippen molar-refractivity contribution in [2.45, 2.75) is 129 Å². The van der Waals surface area contributed by atoms with Crippen LogP contribution in [0.15, 0.2) is 152 Å². The van der Waals surface area contributed by atoms with Gasteiger partial charge in [0.15, 0.2) is 0 Å². The molecule has 0 radical (unpaired) electrons. The predicted molar refractivity (Wildman–Crippen MR) is 305 cm³/mol. The summed E-state index contributed by atoms with van der Waals surface area (Å²) >= 11 is 0. The molecule has 3 heterocycles. The smallest absolute Gasteiger partial charge is 0.268 e. The van der Waals surface area contributed by atoms with Crippen LogP contribution in [0.3, 0.4) is 0 Å². The quantitative estimate of drug-likeness (QED) is 0.112. The van der Waals surface area contributed by atoms with Gasteiger partial charge in [0, 0.05) is 90.9 Å². The van der Waals surface area contributed by atoms with Gasteiger partial charge >= 0.3 is 0 Å². The van der Waals surface area contributed by atoms with Gasteiger partial charge in [-0.3, -0.25) is 4.57 Å². The fourth-order valence-electron chi connectivity index (χ4n) is 9.39. The second-order valence-corrected chi connectivity index (χ2v) is 19.2. The molecule has 0 aliphatic heterocycles. The molecule has 75 heavy (non-hydrogen) atoms. The summed E-state index contributed by atoms with van der Waals surface area (Å²) in [5, 5.41) is 1.42. The van der Waals surface area contributed by atoms with Gasteiger partial charge in [-0.05, 0) is 138 Å². The van der Waals surface area contributed by atoms with Crippen LogP contribution < -0.4 is 9.30 Å². The Morgan fingerprint density at radius 2 is 1.24 bits per heavy atom. The van der Waals surface area contributed by atoms with Gasteiger partial charge in [-0.15, -0.1) is 29.7 Å².